The third-order valence-corrected chi connectivity index (χ3v) is 5.24. The molecule has 0 saturated heterocycles. The average Bonchev–Trinajstić information content (AvgIpc) is 3.21. The molecule has 2 aromatic carbocycles. The van der Waals surface area contributed by atoms with Crippen LogP contribution < -0.4 is 5.56 Å². The van der Waals surface area contributed by atoms with Gasteiger partial charge in [-0.3, -0.25) is 4.79 Å². The van der Waals surface area contributed by atoms with Gasteiger partial charge in [0, 0.05) is 22.2 Å². The van der Waals surface area contributed by atoms with E-state index in [1.807, 2.05) is 0 Å². The van der Waals surface area contributed by atoms with Crippen molar-refractivity contribution in [3.05, 3.63) is 81.4 Å². The van der Waals surface area contributed by atoms with Crippen LogP contribution in [-0.4, -0.2) is 20.1 Å². The Morgan fingerprint density at radius 3 is 2.35 bits per heavy atom. The van der Waals surface area contributed by atoms with Crippen LogP contribution in [0.4, 0.5) is 13.2 Å². The second kappa shape index (κ2) is 8.56. The van der Waals surface area contributed by atoms with Gasteiger partial charge in [0.15, 0.2) is 5.16 Å². The van der Waals surface area contributed by atoms with Gasteiger partial charge in [-0.1, -0.05) is 52.8 Å². The minimum absolute atomic E-state index is 0.167. The molecular formula is C20H12ClF3N4O2S. The maximum atomic E-state index is 12.7. The van der Waals surface area contributed by atoms with Gasteiger partial charge in [0.05, 0.1) is 17.0 Å². The lowest BCUT2D eigenvalue weighted by atomic mass is 10.1. The molecule has 4 aromatic rings. The fourth-order valence-electron chi connectivity index (χ4n) is 2.64. The number of nitrogens with one attached hydrogen (secondary N) is 1. The second-order valence-corrected chi connectivity index (χ2v) is 7.72. The van der Waals surface area contributed by atoms with E-state index < -0.39 is 11.7 Å². The van der Waals surface area contributed by atoms with Crippen LogP contribution >= 0.6 is 23.4 Å². The van der Waals surface area contributed by atoms with Crippen molar-refractivity contribution in [2.45, 2.75) is 17.1 Å². The maximum Gasteiger partial charge on any atom is 0.416 e. The van der Waals surface area contributed by atoms with Crippen LogP contribution in [0.3, 0.4) is 0 Å². The molecule has 4 rings (SSSR count). The Balaban J connectivity index is 1.47. The van der Waals surface area contributed by atoms with E-state index in [4.69, 9.17) is 16.1 Å². The topological polar surface area (TPSA) is 84.7 Å². The monoisotopic (exact) mass is 464 g/mol. The SMILES string of the molecule is O=c1cc(-c2ccc(Cl)cc2)nc(SCc2nc(-c3ccc(C(F)(F)F)cc3)no2)[nH]1. The molecule has 0 atom stereocenters. The fourth-order valence-corrected chi connectivity index (χ4v) is 3.48. The molecule has 6 nitrogen and oxygen atoms in total. The number of nitrogens with zero attached hydrogens (tertiary/aromatic N) is 3. The number of aromatic amines is 1. The van der Waals surface area contributed by atoms with E-state index in [9.17, 15) is 18.0 Å². The lowest BCUT2D eigenvalue weighted by Crippen LogP contribution is -2.08. The van der Waals surface area contributed by atoms with Gasteiger partial charge in [0.1, 0.15) is 0 Å². The van der Waals surface area contributed by atoms with Crippen LogP contribution in [-0.2, 0) is 11.9 Å². The molecule has 2 aromatic heterocycles. The number of aromatic nitrogens is 4. The predicted molar refractivity (Wildman–Crippen MR) is 110 cm³/mol. The first-order chi connectivity index (χ1) is 14.8. The molecule has 11 heteroatoms. The molecular weight excluding hydrogens is 453 g/mol. The van der Waals surface area contributed by atoms with E-state index in [1.54, 1.807) is 24.3 Å². The van der Waals surface area contributed by atoms with Crippen molar-refractivity contribution in [1.82, 2.24) is 20.1 Å². The van der Waals surface area contributed by atoms with Gasteiger partial charge >= 0.3 is 6.18 Å². The van der Waals surface area contributed by atoms with Gasteiger partial charge in [0.2, 0.25) is 11.7 Å². The summed E-state index contributed by atoms with van der Waals surface area (Å²) in [6.07, 6.45) is -4.41. The molecule has 0 aliphatic carbocycles. The molecule has 0 fully saturated rings. The summed E-state index contributed by atoms with van der Waals surface area (Å²) in [4.78, 5) is 23.2. The minimum Gasteiger partial charge on any atom is -0.338 e. The van der Waals surface area contributed by atoms with Crippen molar-refractivity contribution in [2.75, 3.05) is 0 Å². The summed E-state index contributed by atoms with van der Waals surface area (Å²) in [7, 11) is 0. The zero-order valence-electron chi connectivity index (χ0n) is 15.5. The summed E-state index contributed by atoms with van der Waals surface area (Å²) in [5, 5.41) is 4.72. The highest BCUT2D eigenvalue weighted by atomic mass is 35.5. The largest absolute Gasteiger partial charge is 0.416 e. The van der Waals surface area contributed by atoms with Crippen molar-refractivity contribution >= 4 is 23.4 Å². The van der Waals surface area contributed by atoms with Crippen molar-refractivity contribution < 1.29 is 17.7 Å². The van der Waals surface area contributed by atoms with E-state index in [2.05, 4.69) is 20.1 Å². The second-order valence-electron chi connectivity index (χ2n) is 6.32. The zero-order chi connectivity index (χ0) is 22.0. The van der Waals surface area contributed by atoms with Crippen LogP contribution in [0.1, 0.15) is 11.5 Å². The van der Waals surface area contributed by atoms with Crippen LogP contribution in [0.2, 0.25) is 5.02 Å². The molecule has 0 spiro atoms. The van der Waals surface area contributed by atoms with Gasteiger partial charge < -0.3 is 9.51 Å². The van der Waals surface area contributed by atoms with Crippen LogP contribution in [0.5, 0.6) is 0 Å². The molecule has 0 radical (unpaired) electrons. The fraction of sp³-hybridized carbons (Fsp3) is 0.100. The molecule has 158 valence electrons. The number of alkyl halides is 3. The first-order valence-corrected chi connectivity index (χ1v) is 10.1. The number of halogens is 4. The molecule has 0 bridgehead atoms. The first-order valence-electron chi connectivity index (χ1n) is 8.78. The van der Waals surface area contributed by atoms with E-state index in [0.717, 1.165) is 17.7 Å². The summed E-state index contributed by atoms with van der Waals surface area (Å²) in [6.45, 7) is 0. The van der Waals surface area contributed by atoms with E-state index in [1.165, 1.54) is 30.0 Å². The van der Waals surface area contributed by atoms with Crippen LogP contribution in [0, 0.1) is 0 Å². The number of benzene rings is 2. The number of hydrogen-bond donors (Lipinski definition) is 1. The van der Waals surface area contributed by atoms with Crippen molar-refractivity contribution in [3.63, 3.8) is 0 Å². The molecule has 0 unspecified atom stereocenters. The number of thioether (sulfide) groups is 1. The van der Waals surface area contributed by atoms with Gasteiger partial charge in [-0.15, -0.1) is 0 Å². The standard InChI is InChI=1S/C20H12ClF3N4O2S/c21-14-7-3-11(4-8-14)15-9-16(29)26-19(25-15)31-10-17-27-18(28-30-17)12-1-5-13(6-2-12)20(22,23)24/h1-9H,10H2,(H,25,26,29). The van der Waals surface area contributed by atoms with Gasteiger partial charge in [-0.2, -0.15) is 18.2 Å². The summed E-state index contributed by atoms with van der Waals surface area (Å²) >= 11 is 7.06. The Hall–Kier alpha value is -3.11. The molecule has 0 amide bonds. The maximum absolute atomic E-state index is 12.7. The Morgan fingerprint density at radius 1 is 1.00 bits per heavy atom. The van der Waals surface area contributed by atoms with E-state index in [-0.39, 0.29) is 23.0 Å². The predicted octanol–water partition coefficient (Wildman–Crippen LogP) is 5.45. The molecule has 2 heterocycles. The highest BCUT2D eigenvalue weighted by Crippen LogP contribution is 2.30. The number of hydrogen-bond acceptors (Lipinski definition) is 6. The van der Waals surface area contributed by atoms with Gasteiger partial charge in [-0.25, -0.2) is 4.98 Å². The lowest BCUT2D eigenvalue weighted by Gasteiger charge is -2.05. The molecule has 31 heavy (non-hydrogen) atoms. The van der Waals surface area contributed by atoms with Crippen molar-refractivity contribution in [2.24, 2.45) is 0 Å². The van der Waals surface area contributed by atoms with Gasteiger partial charge in [0.25, 0.3) is 5.56 Å². The highest BCUT2D eigenvalue weighted by molar-refractivity contribution is 7.98. The van der Waals surface area contributed by atoms with Gasteiger partial charge in [-0.05, 0) is 24.3 Å². The lowest BCUT2D eigenvalue weighted by molar-refractivity contribution is -0.137. The molecule has 0 aliphatic heterocycles. The van der Waals surface area contributed by atoms with E-state index >= 15 is 0 Å². The van der Waals surface area contributed by atoms with Crippen LogP contribution in [0.15, 0.2) is 69.1 Å². The number of H-pyrrole nitrogens is 1. The van der Waals surface area contributed by atoms with Crippen molar-refractivity contribution in [1.29, 1.82) is 0 Å². The third kappa shape index (κ3) is 5.15. The molecule has 0 aliphatic rings. The molecule has 0 saturated carbocycles. The average molecular weight is 465 g/mol. The highest BCUT2D eigenvalue weighted by Gasteiger charge is 2.30. The zero-order valence-corrected chi connectivity index (χ0v) is 17.1. The summed E-state index contributed by atoms with van der Waals surface area (Å²) in [5.74, 6) is 0.612. The minimum atomic E-state index is -4.41. The first kappa shape index (κ1) is 21.1. The summed E-state index contributed by atoms with van der Waals surface area (Å²) in [5.41, 5.74) is 0.535. The Bertz CT molecular complexity index is 1260. The normalized spacial score (nSPS) is 11.6. The smallest absolute Gasteiger partial charge is 0.338 e. The Labute approximate surface area is 182 Å². The number of rotatable bonds is 5. The van der Waals surface area contributed by atoms with Crippen LogP contribution in [0.25, 0.3) is 22.6 Å². The summed E-state index contributed by atoms with van der Waals surface area (Å²) in [6, 6.07) is 12.8. The third-order valence-electron chi connectivity index (χ3n) is 4.13. The Kier molecular flexibility index (Phi) is 5.84. The van der Waals surface area contributed by atoms with Crippen molar-refractivity contribution in [3.8, 4) is 22.6 Å². The quantitative estimate of drug-likeness (QED) is 0.312. The molecule has 1 N–H and O–H groups in total. The van der Waals surface area contributed by atoms with E-state index in [0.29, 0.717) is 21.4 Å². The summed E-state index contributed by atoms with van der Waals surface area (Å²) < 4.78 is 43.2. The Morgan fingerprint density at radius 2 is 1.68 bits per heavy atom.